The number of rotatable bonds is 8. The SMILES string of the molecule is CCNC(=NCCS(=O)c1ccccc1)NC1CCN(CC2CCCC2)C1. The third-order valence-corrected chi connectivity index (χ3v) is 6.85. The molecule has 0 spiro atoms. The minimum Gasteiger partial charge on any atom is -0.357 e. The van der Waals surface area contributed by atoms with Crippen molar-refractivity contribution in [2.75, 3.05) is 38.5 Å². The van der Waals surface area contributed by atoms with Crippen molar-refractivity contribution in [3.05, 3.63) is 30.3 Å². The van der Waals surface area contributed by atoms with E-state index < -0.39 is 10.8 Å². The molecule has 2 fully saturated rings. The average molecular weight is 391 g/mol. The van der Waals surface area contributed by atoms with Crippen molar-refractivity contribution in [3.63, 3.8) is 0 Å². The zero-order chi connectivity index (χ0) is 18.9. The van der Waals surface area contributed by atoms with Crippen molar-refractivity contribution >= 4 is 16.8 Å². The molecule has 27 heavy (non-hydrogen) atoms. The number of hydrogen-bond acceptors (Lipinski definition) is 3. The second-order valence-electron chi connectivity index (χ2n) is 7.66. The van der Waals surface area contributed by atoms with Gasteiger partial charge in [0.05, 0.1) is 17.3 Å². The van der Waals surface area contributed by atoms with Crippen LogP contribution in [0, 0.1) is 5.92 Å². The summed E-state index contributed by atoms with van der Waals surface area (Å²) in [6.07, 6.45) is 6.84. The van der Waals surface area contributed by atoms with E-state index in [9.17, 15) is 4.21 Å². The Morgan fingerprint density at radius 2 is 2.00 bits per heavy atom. The Bertz CT molecular complexity index is 616. The molecular weight excluding hydrogens is 356 g/mol. The summed E-state index contributed by atoms with van der Waals surface area (Å²) in [5, 5.41) is 6.92. The fourth-order valence-corrected chi connectivity index (χ4v) is 5.07. The number of nitrogens with one attached hydrogen (secondary N) is 2. The monoisotopic (exact) mass is 390 g/mol. The smallest absolute Gasteiger partial charge is 0.191 e. The standard InChI is InChI=1S/C21H34N4OS/c1-2-22-21(23-13-15-27(26)20-10-4-3-5-11-20)24-19-12-14-25(17-19)16-18-8-6-7-9-18/h3-5,10-11,18-19H,2,6-9,12-17H2,1H3,(H2,22,23,24). The molecule has 1 aliphatic heterocycles. The van der Waals surface area contributed by atoms with Crippen LogP contribution in [0.3, 0.4) is 0 Å². The van der Waals surface area contributed by atoms with Crippen molar-refractivity contribution in [1.82, 2.24) is 15.5 Å². The molecule has 3 rings (SSSR count). The van der Waals surface area contributed by atoms with Crippen molar-refractivity contribution in [3.8, 4) is 0 Å². The molecule has 0 bridgehead atoms. The maximum Gasteiger partial charge on any atom is 0.191 e. The highest BCUT2D eigenvalue weighted by Crippen LogP contribution is 2.26. The van der Waals surface area contributed by atoms with Crippen LogP contribution in [0.2, 0.25) is 0 Å². The highest BCUT2D eigenvalue weighted by atomic mass is 32.2. The molecule has 0 aromatic heterocycles. The van der Waals surface area contributed by atoms with Gasteiger partial charge < -0.3 is 15.5 Å². The van der Waals surface area contributed by atoms with Crippen molar-refractivity contribution in [2.24, 2.45) is 10.9 Å². The summed E-state index contributed by atoms with van der Waals surface area (Å²) < 4.78 is 12.3. The molecule has 2 unspecified atom stereocenters. The van der Waals surface area contributed by atoms with Gasteiger partial charge in [0.2, 0.25) is 0 Å². The van der Waals surface area contributed by atoms with Gasteiger partial charge in [-0.2, -0.15) is 0 Å². The van der Waals surface area contributed by atoms with Gasteiger partial charge in [-0.25, -0.2) is 0 Å². The van der Waals surface area contributed by atoms with E-state index in [0.29, 0.717) is 18.3 Å². The quantitative estimate of drug-likeness (QED) is 0.529. The molecule has 1 saturated carbocycles. The molecule has 2 atom stereocenters. The van der Waals surface area contributed by atoms with Gasteiger partial charge in [0.15, 0.2) is 5.96 Å². The number of nitrogens with zero attached hydrogens (tertiary/aromatic N) is 2. The Morgan fingerprint density at radius 1 is 1.22 bits per heavy atom. The molecule has 1 heterocycles. The van der Waals surface area contributed by atoms with E-state index in [1.807, 2.05) is 30.3 Å². The number of likely N-dealkylation sites (tertiary alicyclic amines) is 1. The lowest BCUT2D eigenvalue weighted by molar-refractivity contribution is 0.275. The van der Waals surface area contributed by atoms with Crippen LogP contribution < -0.4 is 10.6 Å². The normalized spacial score (nSPS) is 22.9. The topological polar surface area (TPSA) is 56.7 Å². The van der Waals surface area contributed by atoms with Gasteiger partial charge in [0.1, 0.15) is 0 Å². The molecule has 1 saturated heterocycles. The Balaban J connectivity index is 1.44. The molecule has 1 aromatic carbocycles. The van der Waals surface area contributed by atoms with Crippen LogP contribution >= 0.6 is 0 Å². The van der Waals surface area contributed by atoms with E-state index in [1.165, 1.54) is 45.2 Å². The molecule has 150 valence electrons. The van der Waals surface area contributed by atoms with Crippen LogP contribution in [0.5, 0.6) is 0 Å². The second kappa shape index (κ2) is 10.8. The lowest BCUT2D eigenvalue weighted by atomic mass is 10.1. The Hall–Kier alpha value is -1.40. The molecule has 2 N–H and O–H groups in total. The molecule has 1 aromatic rings. The highest BCUT2D eigenvalue weighted by molar-refractivity contribution is 7.85. The Labute approximate surface area is 166 Å². The second-order valence-corrected chi connectivity index (χ2v) is 9.23. The third-order valence-electron chi connectivity index (χ3n) is 5.50. The van der Waals surface area contributed by atoms with E-state index >= 15 is 0 Å². The average Bonchev–Trinajstić information content (AvgIpc) is 3.35. The van der Waals surface area contributed by atoms with E-state index in [1.54, 1.807) is 0 Å². The largest absolute Gasteiger partial charge is 0.357 e. The van der Waals surface area contributed by atoms with E-state index in [-0.39, 0.29) is 0 Å². The molecule has 1 aliphatic carbocycles. The van der Waals surface area contributed by atoms with Gasteiger partial charge in [0, 0.05) is 42.9 Å². The first-order valence-corrected chi connectivity index (χ1v) is 11.8. The fourth-order valence-electron chi connectivity index (χ4n) is 4.12. The number of aliphatic imine (C=N–C) groups is 1. The van der Waals surface area contributed by atoms with E-state index in [2.05, 4.69) is 27.4 Å². The third kappa shape index (κ3) is 6.61. The van der Waals surface area contributed by atoms with Crippen LogP contribution in [0.15, 0.2) is 40.2 Å². The zero-order valence-electron chi connectivity index (χ0n) is 16.5. The predicted octanol–water partition coefficient (Wildman–Crippen LogP) is 2.61. The first-order valence-electron chi connectivity index (χ1n) is 10.4. The van der Waals surface area contributed by atoms with Gasteiger partial charge in [-0.3, -0.25) is 9.20 Å². The van der Waals surface area contributed by atoms with Crippen LogP contribution in [0.25, 0.3) is 0 Å². The van der Waals surface area contributed by atoms with Gasteiger partial charge in [0.25, 0.3) is 0 Å². The Morgan fingerprint density at radius 3 is 2.74 bits per heavy atom. The summed E-state index contributed by atoms with van der Waals surface area (Å²) in [5.41, 5.74) is 0. The number of guanidine groups is 1. The molecule has 6 heteroatoms. The van der Waals surface area contributed by atoms with Crippen molar-refractivity contribution in [2.45, 2.75) is 50.0 Å². The van der Waals surface area contributed by atoms with Crippen LogP contribution in [0.1, 0.15) is 39.0 Å². The van der Waals surface area contributed by atoms with E-state index in [4.69, 9.17) is 0 Å². The number of benzene rings is 1. The molecule has 5 nitrogen and oxygen atoms in total. The summed E-state index contributed by atoms with van der Waals surface area (Å²) >= 11 is 0. The summed E-state index contributed by atoms with van der Waals surface area (Å²) in [5.74, 6) is 2.33. The van der Waals surface area contributed by atoms with Gasteiger partial charge >= 0.3 is 0 Å². The van der Waals surface area contributed by atoms with Crippen LogP contribution in [-0.2, 0) is 10.8 Å². The lowest BCUT2D eigenvalue weighted by Crippen LogP contribution is -2.45. The first-order chi connectivity index (χ1) is 13.2. The summed E-state index contributed by atoms with van der Waals surface area (Å²) in [4.78, 5) is 8.15. The molecule has 0 amide bonds. The van der Waals surface area contributed by atoms with Crippen molar-refractivity contribution in [1.29, 1.82) is 0 Å². The molecular formula is C21H34N4OS. The predicted molar refractivity (Wildman–Crippen MR) is 114 cm³/mol. The maximum absolute atomic E-state index is 12.3. The van der Waals surface area contributed by atoms with Crippen molar-refractivity contribution < 1.29 is 4.21 Å². The van der Waals surface area contributed by atoms with Gasteiger partial charge in [-0.1, -0.05) is 31.0 Å². The van der Waals surface area contributed by atoms with Gasteiger partial charge in [-0.15, -0.1) is 0 Å². The summed E-state index contributed by atoms with van der Waals surface area (Å²) in [6, 6.07) is 10.1. The van der Waals surface area contributed by atoms with Crippen LogP contribution in [0.4, 0.5) is 0 Å². The number of hydrogen-bond donors (Lipinski definition) is 2. The minimum atomic E-state index is -0.987. The first kappa shape index (κ1) is 20.3. The summed E-state index contributed by atoms with van der Waals surface area (Å²) in [7, 11) is -0.987. The molecule has 0 radical (unpaired) electrons. The maximum atomic E-state index is 12.3. The summed E-state index contributed by atoms with van der Waals surface area (Å²) in [6.45, 7) is 7.05. The Kier molecular flexibility index (Phi) is 8.14. The van der Waals surface area contributed by atoms with E-state index in [0.717, 1.165) is 29.9 Å². The fraction of sp³-hybridized carbons (Fsp3) is 0.667. The lowest BCUT2D eigenvalue weighted by Gasteiger charge is -2.21. The van der Waals surface area contributed by atoms with Gasteiger partial charge in [-0.05, 0) is 44.2 Å². The highest BCUT2D eigenvalue weighted by Gasteiger charge is 2.26. The van der Waals surface area contributed by atoms with Crippen LogP contribution in [-0.4, -0.2) is 59.6 Å². The molecule has 2 aliphatic rings. The minimum absolute atomic E-state index is 0.462. The zero-order valence-corrected chi connectivity index (χ0v) is 17.3.